The van der Waals surface area contributed by atoms with Crippen LogP contribution in [0, 0.1) is 5.41 Å². The van der Waals surface area contributed by atoms with Crippen molar-refractivity contribution in [2.45, 2.75) is 18.7 Å². The number of hydrogen-bond donors (Lipinski definition) is 1. The number of sulfonamides is 1. The van der Waals surface area contributed by atoms with Crippen LogP contribution >= 0.6 is 0 Å². The predicted octanol–water partition coefficient (Wildman–Crippen LogP) is 2.71. The molecule has 2 rings (SSSR count). The van der Waals surface area contributed by atoms with Crippen molar-refractivity contribution in [2.24, 2.45) is 5.41 Å². The Labute approximate surface area is 133 Å². The number of fused-ring (bicyclic) bond motifs is 1. The summed E-state index contributed by atoms with van der Waals surface area (Å²) < 4.78 is 27.7. The first-order valence-electron chi connectivity index (χ1n) is 7.33. The molecule has 0 amide bonds. The Morgan fingerprint density at radius 3 is 2.32 bits per heavy atom. The van der Waals surface area contributed by atoms with E-state index in [1.165, 1.54) is 0 Å². The van der Waals surface area contributed by atoms with Crippen molar-refractivity contribution in [3.05, 3.63) is 42.5 Å². The summed E-state index contributed by atoms with van der Waals surface area (Å²) in [5.74, 6) is 0. The predicted molar refractivity (Wildman–Crippen MR) is 91.5 cm³/mol. The van der Waals surface area contributed by atoms with E-state index in [0.29, 0.717) is 11.4 Å². The number of benzene rings is 2. The molecule has 0 radical (unpaired) electrons. The summed E-state index contributed by atoms with van der Waals surface area (Å²) in [7, 11) is 0.482. The number of nitrogens with zero attached hydrogens (tertiary/aromatic N) is 1. The van der Waals surface area contributed by atoms with Crippen LogP contribution in [0.4, 0.5) is 0 Å². The van der Waals surface area contributed by atoms with E-state index in [1.54, 1.807) is 12.1 Å². The molecule has 0 atom stereocenters. The van der Waals surface area contributed by atoms with Gasteiger partial charge in [-0.3, -0.25) is 0 Å². The second-order valence-electron chi connectivity index (χ2n) is 6.74. The van der Waals surface area contributed by atoms with E-state index in [2.05, 4.69) is 23.5 Å². The second-order valence-corrected chi connectivity index (χ2v) is 8.50. The summed E-state index contributed by atoms with van der Waals surface area (Å²) in [4.78, 5) is 2.37. The molecule has 1 N–H and O–H groups in total. The highest BCUT2D eigenvalue weighted by Crippen LogP contribution is 2.20. The molecular formula is C17H24N2O2S. The van der Waals surface area contributed by atoms with Crippen LogP contribution < -0.4 is 4.72 Å². The minimum atomic E-state index is -3.49. The lowest BCUT2D eigenvalue weighted by Gasteiger charge is -2.28. The van der Waals surface area contributed by atoms with Crippen molar-refractivity contribution in [1.29, 1.82) is 0 Å². The Morgan fingerprint density at radius 1 is 1.05 bits per heavy atom. The van der Waals surface area contributed by atoms with Crippen LogP contribution in [0.3, 0.4) is 0 Å². The molecule has 0 aliphatic heterocycles. The van der Waals surface area contributed by atoms with Gasteiger partial charge in [0.25, 0.3) is 0 Å². The standard InChI is InChI=1S/C17H24N2O2S/c1-17(2,13-19(3)4)12-18-22(20,21)16-10-9-14-7-5-6-8-15(14)11-16/h5-11,18H,12-13H2,1-4H3. The zero-order valence-corrected chi connectivity index (χ0v) is 14.4. The SMILES string of the molecule is CN(C)CC(C)(C)CNS(=O)(=O)c1ccc2ccccc2c1. The van der Waals surface area contributed by atoms with Crippen LogP contribution in [0.5, 0.6) is 0 Å². The topological polar surface area (TPSA) is 49.4 Å². The van der Waals surface area contributed by atoms with Crippen LogP contribution in [0.2, 0.25) is 0 Å². The average Bonchev–Trinajstić information content (AvgIpc) is 2.44. The van der Waals surface area contributed by atoms with Crippen molar-refractivity contribution in [3.8, 4) is 0 Å². The van der Waals surface area contributed by atoms with Gasteiger partial charge in [-0.25, -0.2) is 13.1 Å². The zero-order valence-electron chi connectivity index (χ0n) is 13.6. The van der Waals surface area contributed by atoms with Crippen molar-refractivity contribution < 1.29 is 8.42 Å². The van der Waals surface area contributed by atoms with E-state index in [1.807, 2.05) is 44.4 Å². The van der Waals surface area contributed by atoms with Gasteiger partial charge < -0.3 is 4.90 Å². The molecule has 0 heterocycles. The number of rotatable bonds is 6. The third kappa shape index (κ3) is 4.29. The van der Waals surface area contributed by atoms with Gasteiger partial charge in [-0.1, -0.05) is 44.2 Å². The van der Waals surface area contributed by atoms with Crippen LogP contribution in [0.1, 0.15) is 13.8 Å². The molecule has 0 fully saturated rings. The van der Waals surface area contributed by atoms with Gasteiger partial charge in [0.1, 0.15) is 0 Å². The number of hydrogen-bond acceptors (Lipinski definition) is 3. The van der Waals surface area contributed by atoms with E-state index in [0.717, 1.165) is 17.3 Å². The molecule has 0 unspecified atom stereocenters. The largest absolute Gasteiger partial charge is 0.309 e. The molecule has 120 valence electrons. The maximum atomic E-state index is 12.5. The molecule has 0 saturated heterocycles. The maximum absolute atomic E-state index is 12.5. The maximum Gasteiger partial charge on any atom is 0.240 e. The lowest BCUT2D eigenvalue weighted by molar-refractivity contribution is 0.242. The molecule has 2 aromatic carbocycles. The molecule has 2 aromatic rings. The third-order valence-corrected chi connectivity index (χ3v) is 4.92. The van der Waals surface area contributed by atoms with Gasteiger partial charge in [0, 0.05) is 13.1 Å². The van der Waals surface area contributed by atoms with Gasteiger partial charge in [-0.15, -0.1) is 0 Å². The first-order chi connectivity index (χ1) is 10.2. The fourth-order valence-electron chi connectivity index (χ4n) is 2.62. The van der Waals surface area contributed by atoms with E-state index in [-0.39, 0.29) is 5.41 Å². The fourth-order valence-corrected chi connectivity index (χ4v) is 3.90. The Kier molecular flexibility index (Phi) is 4.90. The number of nitrogens with one attached hydrogen (secondary N) is 1. The Balaban J connectivity index is 2.18. The van der Waals surface area contributed by atoms with Gasteiger partial charge in [0.05, 0.1) is 4.90 Å². The molecule has 22 heavy (non-hydrogen) atoms. The van der Waals surface area contributed by atoms with E-state index >= 15 is 0 Å². The molecule has 0 aromatic heterocycles. The quantitative estimate of drug-likeness (QED) is 0.890. The van der Waals surface area contributed by atoms with Crippen LogP contribution in [0.15, 0.2) is 47.4 Å². The Hall–Kier alpha value is -1.43. The first kappa shape index (κ1) is 16.9. The third-order valence-electron chi connectivity index (χ3n) is 3.52. The average molecular weight is 320 g/mol. The van der Waals surface area contributed by atoms with Crippen LogP contribution in [-0.2, 0) is 10.0 Å². The van der Waals surface area contributed by atoms with Crippen molar-refractivity contribution in [1.82, 2.24) is 9.62 Å². The van der Waals surface area contributed by atoms with Crippen molar-refractivity contribution in [3.63, 3.8) is 0 Å². The molecular weight excluding hydrogens is 296 g/mol. The Morgan fingerprint density at radius 2 is 1.68 bits per heavy atom. The summed E-state index contributed by atoms with van der Waals surface area (Å²) in [6.07, 6.45) is 0. The minimum Gasteiger partial charge on any atom is -0.309 e. The smallest absolute Gasteiger partial charge is 0.240 e. The van der Waals surface area contributed by atoms with Crippen molar-refractivity contribution >= 4 is 20.8 Å². The zero-order chi connectivity index (χ0) is 16.4. The monoisotopic (exact) mass is 320 g/mol. The van der Waals surface area contributed by atoms with Crippen LogP contribution in [-0.4, -0.2) is 40.5 Å². The minimum absolute atomic E-state index is 0.132. The summed E-state index contributed by atoms with van der Waals surface area (Å²) in [5, 5.41) is 1.97. The molecule has 4 nitrogen and oxygen atoms in total. The highest BCUT2D eigenvalue weighted by molar-refractivity contribution is 7.89. The normalized spacial score (nSPS) is 13.0. The lowest BCUT2D eigenvalue weighted by atomic mass is 9.93. The summed E-state index contributed by atoms with van der Waals surface area (Å²) in [6, 6.07) is 13.0. The highest BCUT2D eigenvalue weighted by atomic mass is 32.2. The van der Waals surface area contributed by atoms with Gasteiger partial charge >= 0.3 is 0 Å². The van der Waals surface area contributed by atoms with E-state index in [9.17, 15) is 8.42 Å². The fraction of sp³-hybridized carbons (Fsp3) is 0.412. The van der Waals surface area contributed by atoms with Gasteiger partial charge in [-0.2, -0.15) is 0 Å². The Bertz CT molecular complexity index is 752. The highest BCUT2D eigenvalue weighted by Gasteiger charge is 2.23. The first-order valence-corrected chi connectivity index (χ1v) is 8.81. The van der Waals surface area contributed by atoms with Crippen LogP contribution in [0.25, 0.3) is 10.8 Å². The van der Waals surface area contributed by atoms with Gasteiger partial charge in [0.2, 0.25) is 10.0 Å². The summed E-state index contributed by atoms with van der Waals surface area (Å²) >= 11 is 0. The summed E-state index contributed by atoms with van der Waals surface area (Å²) in [6.45, 7) is 5.32. The molecule has 0 spiro atoms. The summed E-state index contributed by atoms with van der Waals surface area (Å²) in [5.41, 5.74) is -0.132. The van der Waals surface area contributed by atoms with Gasteiger partial charge in [0.15, 0.2) is 0 Å². The second kappa shape index (κ2) is 6.36. The molecule has 5 heteroatoms. The molecule has 0 bridgehead atoms. The van der Waals surface area contributed by atoms with Gasteiger partial charge in [-0.05, 0) is 42.4 Å². The molecule has 0 aliphatic carbocycles. The molecule has 0 aliphatic rings. The van der Waals surface area contributed by atoms with Crippen molar-refractivity contribution in [2.75, 3.05) is 27.2 Å². The molecule has 0 saturated carbocycles. The lowest BCUT2D eigenvalue weighted by Crippen LogP contribution is -2.39. The van der Waals surface area contributed by atoms with E-state index in [4.69, 9.17) is 0 Å². The van der Waals surface area contributed by atoms with E-state index < -0.39 is 10.0 Å².